The van der Waals surface area contributed by atoms with Gasteiger partial charge in [-0.15, -0.1) is 0 Å². The Kier molecular flexibility index (Phi) is 5.50. The van der Waals surface area contributed by atoms with Crippen LogP contribution < -0.4 is 9.47 Å². The zero-order valence-corrected chi connectivity index (χ0v) is 9.67. The van der Waals surface area contributed by atoms with Crippen LogP contribution in [0.5, 0.6) is 11.5 Å². The third-order valence-corrected chi connectivity index (χ3v) is 2.00. The molecule has 0 saturated carbocycles. The maximum atomic E-state index is 10.3. The summed E-state index contributed by atoms with van der Waals surface area (Å²) in [4.78, 5) is 20.7. The van der Waals surface area contributed by atoms with Crippen molar-refractivity contribution in [3.05, 3.63) is 24.3 Å². The maximum absolute atomic E-state index is 10.3. The summed E-state index contributed by atoms with van der Waals surface area (Å²) in [5.74, 6) is -1.08. The lowest BCUT2D eigenvalue weighted by Crippen LogP contribution is -2.08. The fourth-order valence-electron chi connectivity index (χ4n) is 1.19. The minimum Gasteiger partial charge on any atom is -0.489 e. The molecule has 1 aromatic carbocycles. The van der Waals surface area contributed by atoms with E-state index in [9.17, 15) is 9.59 Å². The molecule has 0 aliphatic rings. The highest BCUT2D eigenvalue weighted by Gasteiger charge is 2.06. The Hall–Kier alpha value is -2.24. The van der Waals surface area contributed by atoms with Crippen LogP contribution >= 0.6 is 0 Å². The fraction of sp³-hybridized carbons (Fsp3) is 0.333. The van der Waals surface area contributed by atoms with Gasteiger partial charge in [-0.25, -0.2) is 0 Å². The van der Waals surface area contributed by atoms with Crippen molar-refractivity contribution in [3.8, 4) is 11.5 Å². The van der Waals surface area contributed by atoms with E-state index in [0.29, 0.717) is 11.5 Å². The van der Waals surface area contributed by atoms with Gasteiger partial charge in [-0.05, 0) is 12.1 Å². The van der Waals surface area contributed by atoms with Crippen molar-refractivity contribution in [2.75, 3.05) is 13.2 Å². The van der Waals surface area contributed by atoms with Crippen LogP contribution in [0.15, 0.2) is 24.3 Å². The first-order chi connectivity index (χ1) is 8.59. The molecule has 2 N–H and O–H groups in total. The molecule has 0 bridgehead atoms. The Bertz CT molecular complexity index is 376. The van der Waals surface area contributed by atoms with E-state index < -0.39 is 11.9 Å². The van der Waals surface area contributed by atoms with Gasteiger partial charge < -0.3 is 19.7 Å². The Balaban J connectivity index is 2.50. The molecular formula is C12H14O6. The zero-order valence-electron chi connectivity index (χ0n) is 9.67. The van der Waals surface area contributed by atoms with E-state index in [2.05, 4.69) is 0 Å². The van der Waals surface area contributed by atoms with E-state index in [4.69, 9.17) is 19.7 Å². The summed E-state index contributed by atoms with van der Waals surface area (Å²) in [7, 11) is 0. The molecule has 6 heteroatoms. The standard InChI is InChI=1S/C12H14O6/c13-11(14)5-7-17-9-3-1-2-4-10(9)18-8-6-12(15)16/h1-4H,5-8H2,(H,13,14)(H,15,16). The number of carboxylic acid groups (broad SMARTS) is 2. The van der Waals surface area contributed by atoms with Crippen LogP contribution in [0.1, 0.15) is 12.8 Å². The summed E-state index contributed by atoms with van der Waals surface area (Å²) in [5.41, 5.74) is 0. The number of hydrogen-bond donors (Lipinski definition) is 2. The van der Waals surface area contributed by atoms with Gasteiger partial charge in [-0.3, -0.25) is 9.59 Å². The molecule has 1 rings (SSSR count). The van der Waals surface area contributed by atoms with E-state index in [1.165, 1.54) is 0 Å². The van der Waals surface area contributed by atoms with E-state index in [1.54, 1.807) is 24.3 Å². The highest BCUT2D eigenvalue weighted by molar-refractivity contribution is 5.67. The number of hydrogen-bond acceptors (Lipinski definition) is 4. The predicted molar refractivity (Wildman–Crippen MR) is 61.9 cm³/mol. The predicted octanol–water partition coefficient (Wildman–Crippen LogP) is 1.39. The summed E-state index contributed by atoms with van der Waals surface area (Å²) in [6.07, 6.45) is -0.215. The molecular weight excluding hydrogens is 240 g/mol. The highest BCUT2D eigenvalue weighted by Crippen LogP contribution is 2.26. The summed E-state index contributed by atoms with van der Waals surface area (Å²) in [6.45, 7) is 0.0727. The van der Waals surface area contributed by atoms with Gasteiger partial charge in [0.05, 0.1) is 26.1 Å². The van der Waals surface area contributed by atoms with Crippen molar-refractivity contribution in [3.63, 3.8) is 0 Å². The fourth-order valence-corrected chi connectivity index (χ4v) is 1.19. The van der Waals surface area contributed by atoms with Crippen molar-refractivity contribution in [1.29, 1.82) is 0 Å². The number of carboxylic acids is 2. The van der Waals surface area contributed by atoms with Crippen LogP contribution in [0.3, 0.4) is 0 Å². The van der Waals surface area contributed by atoms with Crippen molar-refractivity contribution < 1.29 is 29.3 Å². The van der Waals surface area contributed by atoms with Crippen LogP contribution in [-0.2, 0) is 9.59 Å². The van der Waals surface area contributed by atoms with Gasteiger partial charge in [0.15, 0.2) is 11.5 Å². The second-order valence-corrected chi connectivity index (χ2v) is 3.43. The zero-order chi connectivity index (χ0) is 13.4. The molecule has 0 fully saturated rings. The lowest BCUT2D eigenvalue weighted by Gasteiger charge is -2.11. The topological polar surface area (TPSA) is 93.1 Å². The number of rotatable bonds is 8. The molecule has 0 spiro atoms. The Morgan fingerprint density at radius 1 is 0.889 bits per heavy atom. The van der Waals surface area contributed by atoms with Crippen LogP contribution in [-0.4, -0.2) is 35.4 Å². The maximum Gasteiger partial charge on any atom is 0.306 e. The molecule has 0 aliphatic carbocycles. The Morgan fingerprint density at radius 2 is 1.28 bits per heavy atom. The molecule has 0 saturated heterocycles. The van der Waals surface area contributed by atoms with Gasteiger partial charge in [0.25, 0.3) is 0 Å². The molecule has 0 unspecified atom stereocenters. The summed E-state index contributed by atoms with van der Waals surface area (Å²) in [6, 6.07) is 6.72. The van der Waals surface area contributed by atoms with Crippen LogP contribution in [0.4, 0.5) is 0 Å². The molecule has 6 nitrogen and oxygen atoms in total. The number of ether oxygens (including phenoxy) is 2. The van der Waals surface area contributed by atoms with E-state index >= 15 is 0 Å². The monoisotopic (exact) mass is 254 g/mol. The molecule has 0 aromatic heterocycles. The average Bonchev–Trinajstić information content (AvgIpc) is 2.30. The molecule has 1 aromatic rings. The minimum absolute atomic E-state index is 0.0363. The van der Waals surface area contributed by atoms with Gasteiger partial charge in [0, 0.05) is 0 Å². The molecule has 0 amide bonds. The number of para-hydroxylation sites is 2. The third-order valence-electron chi connectivity index (χ3n) is 2.00. The first-order valence-corrected chi connectivity index (χ1v) is 5.38. The molecule has 0 radical (unpaired) electrons. The van der Waals surface area contributed by atoms with Crippen LogP contribution in [0.2, 0.25) is 0 Å². The molecule has 0 heterocycles. The first-order valence-electron chi connectivity index (χ1n) is 5.38. The SMILES string of the molecule is O=C(O)CCOc1ccccc1OCCC(=O)O. The first kappa shape index (κ1) is 13.8. The van der Waals surface area contributed by atoms with Crippen LogP contribution in [0.25, 0.3) is 0 Å². The highest BCUT2D eigenvalue weighted by atomic mass is 16.5. The van der Waals surface area contributed by atoms with Crippen molar-refractivity contribution in [1.82, 2.24) is 0 Å². The van der Waals surface area contributed by atoms with Crippen molar-refractivity contribution >= 4 is 11.9 Å². The van der Waals surface area contributed by atoms with Gasteiger partial charge in [-0.1, -0.05) is 12.1 Å². The van der Waals surface area contributed by atoms with E-state index in [-0.39, 0.29) is 26.1 Å². The quantitative estimate of drug-likeness (QED) is 0.728. The van der Waals surface area contributed by atoms with Gasteiger partial charge in [0.2, 0.25) is 0 Å². The number of aliphatic carboxylic acids is 2. The second kappa shape index (κ2) is 7.16. The summed E-state index contributed by atoms with van der Waals surface area (Å²) in [5, 5.41) is 17.0. The van der Waals surface area contributed by atoms with Gasteiger partial charge in [0.1, 0.15) is 0 Å². The molecule has 98 valence electrons. The summed E-state index contributed by atoms with van der Waals surface area (Å²) >= 11 is 0. The second-order valence-electron chi connectivity index (χ2n) is 3.43. The van der Waals surface area contributed by atoms with Crippen molar-refractivity contribution in [2.24, 2.45) is 0 Å². The summed E-state index contributed by atoms with van der Waals surface area (Å²) < 4.78 is 10.5. The van der Waals surface area contributed by atoms with Gasteiger partial charge >= 0.3 is 11.9 Å². The van der Waals surface area contributed by atoms with Crippen molar-refractivity contribution in [2.45, 2.75) is 12.8 Å². The lowest BCUT2D eigenvalue weighted by atomic mass is 10.3. The third kappa shape index (κ3) is 5.20. The Morgan fingerprint density at radius 3 is 1.61 bits per heavy atom. The molecule has 0 aliphatic heterocycles. The van der Waals surface area contributed by atoms with E-state index in [1.807, 2.05) is 0 Å². The smallest absolute Gasteiger partial charge is 0.306 e. The lowest BCUT2D eigenvalue weighted by molar-refractivity contribution is -0.138. The Labute approximate surface area is 104 Å². The van der Waals surface area contributed by atoms with Crippen LogP contribution in [0, 0.1) is 0 Å². The largest absolute Gasteiger partial charge is 0.489 e. The number of carbonyl (C=O) groups is 2. The minimum atomic E-state index is -0.945. The number of benzene rings is 1. The van der Waals surface area contributed by atoms with E-state index in [0.717, 1.165) is 0 Å². The normalized spacial score (nSPS) is 9.78. The molecule has 18 heavy (non-hydrogen) atoms. The average molecular weight is 254 g/mol. The van der Waals surface area contributed by atoms with Gasteiger partial charge in [-0.2, -0.15) is 0 Å². The molecule has 0 atom stereocenters.